The number of aliphatic hydroxyl groups is 2. The van der Waals surface area contributed by atoms with Gasteiger partial charge in [-0.05, 0) is 77.0 Å². The molecule has 0 saturated carbocycles. The van der Waals surface area contributed by atoms with E-state index in [1.54, 1.807) is 0 Å². The zero-order valence-corrected chi connectivity index (χ0v) is 60.0. The van der Waals surface area contributed by atoms with E-state index >= 15 is 0 Å². The van der Waals surface area contributed by atoms with Crippen molar-refractivity contribution in [3.8, 4) is 0 Å². The number of nitrogens with one attached hydrogen (secondary N) is 1. The van der Waals surface area contributed by atoms with Crippen LogP contribution in [-0.2, 0) is 14.3 Å². The van der Waals surface area contributed by atoms with E-state index in [4.69, 9.17) is 4.74 Å². The number of carbonyl (C=O) groups is 2. The zero-order valence-electron chi connectivity index (χ0n) is 60.0. The van der Waals surface area contributed by atoms with Gasteiger partial charge in [-0.1, -0.05) is 398 Å². The fraction of sp³-hybridized carbons (Fsp3) is 0.927. The fourth-order valence-corrected chi connectivity index (χ4v) is 13.0. The number of amides is 1. The Morgan fingerprint density at radius 2 is 0.534 bits per heavy atom. The van der Waals surface area contributed by atoms with E-state index in [0.717, 1.165) is 38.5 Å². The molecule has 2 atom stereocenters. The molecule has 0 fully saturated rings. The molecule has 88 heavy (non-hydrogen) atoms. The summed E-state index contributed by atoms with van der Waals surface area (Å²) in [5, 5.41) is 23.4. The third-order valence-electron chi connectivity index (χ3n) is 19.2. The van der Waals surface area contributed by atoms with Crippen LogP contribution in [0.25, 0.3) is 0 Å². The highest BCUT2D eigenvalue weighted by Gasteiger charge is 2.20. The highest BCUT2D eigenvalue weighted by Crippen LogP contribution is 2.20. The van der Waals surface area contributed by atoms with Crippen molar-refractivity contribution in [2.24, 2.45) is 0 Å². The molecule has 1 amide bonds. The highest BCUT2D eigenvalue weighted by molar-refractivity contribution is 5.76. The van der Waals surface area contributed by atoms with E-state index in [1.165, 1.54) is 392 Å². The predicted octanol–water partition coefficient (Wildman–Crippen LogP) is 26.8. The molecule has 0 aliphatic rings. The fourth-order valence-electron chi connectivity index (χ4n) is 13.0. The van der Waals surface area contributed by atoms with Crippen LogP contribution in [0.3, 0.4) is 0 Å². The lowest BCUT2D eigenvalue weighted by molar-refractivity contribution is -0.143. The molecule has 0 rings (SSSR count). The van der Waals surface area contributed by atoms with Gasteiger partial charge in [-0.25, -0.2) is 0 Å². The average Bonchev–Trinajstić information content (AvgIpc) is 3.59. The molecule has 0 saturated heterocycles. The van der Waals surface area contributed by atoms with Crippen LogP contribution in [0, 0.1) is 0 Å². The third-order valence-corrected chi connectivity index (χ3v) is 19.2. The Hall–Kier alpha value is -1.66. The first-order valence-electron chi connectivity index (χ1n) is 40.6. The molecule has 0 aromatic carbocycles. The second-order valence-electron chi connectivity index (χ2n) is 28.1. The Balaban J connectivity index is 3.31. The van der Waals surface area contributed by atoms with Gasteiger partial charge in [0.25, 0.3) is 0 Å². The first-order chi connectivity index (χ1) is 43.5. The van der Waals surface area contributed by atoms with Gasteiger partial charge < -0.3 is 20.3 Å². The minimum Gasteiger partial charge on any atom is -0.466 e. The van der Waals surface area contributed by atoms with Crippen LogP contribution in [0.4, 0.5) is 0 Å². The van der Waals surface area contributed by atoms with E-state index in [0.29, 0.717) is 25.9 Å². The molecule has 0 aliphatic heterocycles. The predicted molar refractivity (Wildman–Crippen MR) is 389 cm³/mol. The minimum atomic E-state index is -0.661. The van der Waals surface area contributed by atoms with Crippen LogP contribution in [0.2, 0.25) is 0 Å². The Morgan fingerprint density at radius 3 is 0.807 bits per heavy atom. The minimum absolute atomic E-state index is 0.0195. The maximum atomic E-state index is 12.5. The topological polar surface area (TPSA) is 95.9 Å². The smallest absolute Gasteiger partial charge is 0.305 e. The zero-order chi connectivity index (χ0) is 63.5. The van der Waals surface area contributed by atoms with Gasteiger partial charge in [0.1, 0.15) is 0 Å². The van der Waals surface area contributed by atoms with Crippen molar-refractivity contribution in [3.63, 3.8) is 0 Å². The second-order valence-corrected chi connectivity index (χ2v) is 28.1. The molecule has 522 valence electrons. The maximum absolute atomic E-state index is 12.5. The molecule has 0 spiro atoms. The Labute approximate surface area is 551 Å². The van der Waals surface area contributed by atoms with E-state index in [9.17, 15) is 19.8 Å². The van der Waals surface area contributed by atoms with Crippen molar-refractivity contribution >= 4 is 11.9 Å². The molecule has 0 aliphatic carbocycles. The number of aliphatic hydroxyl groups excluding tert-OH is 2. The van der Waals surface area contributed by atoms with Crippen LogP contribution in [0.1, 0.15) is 463 Å². The lowest BCUT2D eigenvalue weighted by Gasteiger charge is -2.22. The van der Waals surface area contributed by atoms with E-state index in [2.05, 4.69) is 43.5 Å². The molecule has 3 N–H and O–H groups in total. The van der Waals surface area contributed by atoms with Crippen LogP contribution < -0.4 is 5.32 Å². The lowest BCUT2D eigenvalue weighted by atomic mass is 10.0. The van der Waals surface area contributed by atoms with Gasteiger partial charge in [0.2, 0.25) is 5.91 Å². The summed E-state index contributed by atoms with van der Waals surface area (Å²) in [6.07, 6.45) is 100.0. The molecular weight excluding hydrogens is 1080 g/mol. The summed E-state index contributed by atoms with van der Waals surface area (Å²) >= 11 is 0. The van der Waals surface area contributed by atoms with Gasteiger partial charge in [-0.3, -0.25) is 9.59 Å². The van der Waals surface area contributed by atoms with Crippen molar-refractivity contribution in [2.75, 3.05) is 13.2 Å². The van der Waals surface area contributed by atoms with Crippen LogP contribution in [0.5, 0.6) is 0 Å². The monoisotopic (exact) mass is 1240 g/mol. The number of rotatable bonds is 77. The Morgan fingerprint density at radius 1 is 0.307 bits per heavy atom. The Bertz CT molecular complexity index is 1380. The second kappa shape index (κ2) is 77.8. The van der Waals surface area contributed by atoms with Crippen molar-refractivity contribution in [1.82, 2.24) is 5.32 Å². The quantitative estimate of drug-likeness (QED) is 0.0320. The molecule has 0 radical (unpaired) electrons. The number of ether oxygens (including phenoxy) is 1. The number of hydrogen-bond donors (Lipinski definition) is 3. The SMILES string of the molecule is CCCCCCCCC/C=C\CCCCCCCCCC(=O)OCCCCCCCCCCCCCCCCCC/C=C\CCCCCCCCCCCCCCCCCCCC(=O)NC(CO)C(O)CCCCCCCCCCCCCCCCCC. The van der Waals surface area contributed by atoms with Crippen molar-refractivity contribution < 1.29 is 24.5 Å². The van der Waals surface area contributed by atoms with Crippen molar-refractivity contribution in [3.05, 3.63) is 24.3 Å². The number of hydrogen-bond acceptors (Lipinski definition) is 5. The summed E-state index contributed by atoms with van der Waals surface area (Å²) in [5.41, 5.74) is 0. The normalized spacial score (nSPS) is 12.5. The lowest BCUT2D eigenvalue weighted by Crippen LogP contribution is -2.45. The molecule has 0 aromatic rings. The number of unbranched alkanes of at least 4 members (excludes halogenated alkanes) is 62. The first kappa shape index (κ1) is 86.3. The van der Waals surface area contributed by atoms with Gasteiger partial charge >= 0.3 is 5.97 Å². The molecule has 2 unspecified atom stereocenters. The molecule has 0 aromatic heterocycles. The van der Waals surface area contributed by atoms with Crippen LogP contribution >= 0.6 is 0 Å². The van der Waals surface area contributed by atoms with E-state index in [1.807, 2.05) is 0 Å². The van der Waals surface area contributed by atoms with E-state index < -0.39 is 12.1 Å². The first-order valence-corrected chi connectivity index (χ1v) is 40.6. The van der Waals surface area contributed by atoms with Crippen molar-refractivity contribution in [2.45, 2.75) is 475 Å². The molecule has 6 nitrogen and oxygen atoms in total. The summed E-state index contributed by atoms with van der Waals surface area (Å²) in [7, 11) is 0. The molecular formula is C82H159NO5. The largest absolute Gasteiger partial charge is 0.466 e. The maximum Gasteiger partial charge on any atom is 0.305 e. The number of esters is 1. The van der Waals surface area contributed by atoms with Gasteiger partial charge in [0, 0.05) is 12.8 Å². The number of allylic oxidation sites excluding steroid dienone is 4. The average molecular weight is 1240 g/mol. The Kier molecular flexibility index (Phi) is 76.3. The summed E-state index contributed by atoms with van der Waals surface area (Å²) in [6.45, 7) is 5.00. The van der Waals surface area contributed by atoms with Gasteiger partial charge in [-0.15, -0.1) is 0 Å². The summed E-state index contributed by atoms with van der Waals surface area (Å²) in [6, 6.07) is -0.538. The standard InChI is InChI=1S/C82H159NO5/c1-3-5-7-9-11-13-15-17-19-21-44-48-52-56-60-64-68-72-76-82(87)88-77-73-69-65-61-57-53-49-45-42-40-38-36-34-32-30-28-26-24-22-23-25-27-29-31-33-35-37-39-41-43-47-51-55-59-63-67-71-75-81(86)83-79(78-84)80(85)74-70-66-62-58-54-50-46-20-18-16-14-12-10-8-6-4-2/h19,21-22,24,79-80,84-85H,3-18,20,23,25-78H2,1-2H3,(H,83,86)/b21-19-,24-22-. The summed E-state index contributed by atoms with van der Waals surface area (Å²) < 4.78 is 5.51. The third kappa shape index (κ3) is 73.4. The molecule has 0 heterocycles. The van der Waals surface area contributed by atoms with Gasteiger partial charge in [0.15, 0.2) is 0 Å². The van der Waals surface area contributed by atoms with Gasteiger partial charge in [-0.2, -0.15) is 0 Å². The van der Waals surface area contributed by atoms with Crippen LogP contribution in [-0.4, -0.2) is 47.4 Å². The van der Waals surface area contributed by atoms with E-state index in [-0.39, 0.29) is 18.5 Å². The summed E-state index contributed by atoms with van der Waals surface area (Å²) in [5.74, 6) is -0.00740. The molecule has 0 bridgehead atoms. The van der Waals surface area contributed by atoms with Gasteiger partial charge in [0.05, 0.1) is 25.4 Å². The summed E-state index contributed by atoms with van der Waals surface area (Å²) in [4.78, 5) is 24.7. The van der Waals surface area contributed by atoms with Crippen LogP contribution in [0.15, 0.2) is 24.3 Å². The highest BCUT2D eigenvalue weighted by atomic mass is 16.5. The van der Waals surface area contributed by atoms with Crippen molar-refractivity contribution in [1.29, 1.82) is 0 Å². The number of carbonyl (C=O) groups excluding carboxylic acids is 2. The molecule has 6 heteroatoms.